The van der Waals surface area contributed by atoms with Gasteiger partial charge in [-0.25, -0.2) is 0 Å². The summed E-state index contributed by atoms with van der Waals surface area (Å²) in [6.07, 6.45) is 2.97. The molecule has 0 saturated carbocycles. The van der Waals surface area contributed by atoms with Gasteiger partial charge in [-0.1, -0.05) is 0 Å². The van der Waals surface area contributed by atoms with Crippen LogP contribution in [-0.4, -0.2) is 46.0 Å². The Morgan fingerprint density at radius 2 is 1.76 bits per heavy atom. The van der Waals surface area contributed by atoms with Crippen LogP contribution in [-0.2, 0) is 9.59 Å². The highest BCUT2D eigenvalue weighted by Crippen LogP contribution is 2.22. The molecule has 0 spiro atoms. The first kappa shape index (κ1) is 18.7. The van der Waals surface area contributed by atoms with Crippen LogP contribution in [0.3, 0.4) is 0 Å². The van der Waals surface area contributed by atoms with E-state index < -0.39 is 10.9 Å². The van der Waals surface area contributed by atoms with Crippen LogP contribution < -0.4 is 4.74 Å². The minimum atomic E-state index is -0.836. The van der Waals surface area contributed by atoms with Gasteiger partial charge in [-0.2, -0.15) is 0 Å². The normalized spacial score (nSPS) is 15.0. The zero-order valence-corrected chi connectivity index (χ0v) is 13.9. The molecule has 1 saturated heterocycles. The Morgan fingerprint density at radius 3 is 2.32 bits per heavy atom. The van der Waals surface area contributed by atoms with E-state index in [4.69, 9.17) is 9.84 Å². The zero-order valence-electron chi connectivity index (χ0n) is 13.9. The summed E-state index contributed by atoms with van der Waals surface area (Å²) in [4.78, 5) is 34.5. The molecule has 1 aromatic carbocycles. The van der Waals surface area contributed by atoms with Crippen molar-refractivity contribution in [2.45, 2.75) is 44.6 Å². The van der Waals surface area contributed by atoms with Crippen molar-refractivity contribution in [3.63, 3.8) is 0 Å². The maximum absolute atomic E-state index is 12.1. The summed E-state index contributed by atoms with van der Waals surface area (Å²) in [5.74, 6) is -0.195. The molecular weight excluding hydrogens is 328 g/mol. The Balaban J connectivity index is 1.71. The molecule has 136 valence electrons. The van der Waals surface area contributed by atoms with E-state index in [9.17, 15) is 19.7 Å². The first-order valence-electron chi connectivity index (χ1n) is 8.36. The maximum Gasteiger partial charge on any atom is 0.303 e. The van der Waals surface area contributed by atoms with Crippen molar-refractivity contribution in [3.05, 3.63) is 34.4 Å². The molecular formula is C17H22N2O6. The molecule has 2 rings (SSSR count). The van der Waals surface area contributed by atoms with Crippen molar-refractivity contribution in [1.29, 1.82) is 0 Å². The Hall–Kier alpha value is -2.64. The highest BCUT2D eigenvalue weighted by Gasteiger charge is 2.23. The van der Waals surface area contributed by atoms with Gasteiger partial charge < -0.3 is 14.7 Å². The third kappa shape index (κ3) is 6.06. The van der Waals surface area contributed by atoms with Crippen LogP contribution in [0.1, 0.15) is 38.5 Å². The fraction of sp³-hybridized carbons (Fsp3) is 0.529. The van der Waals surface area contributed by atoms with E-state index in [-0.39, 0.29) is 24.1 Å². The standard InChI is InChI=1S/C17H22N2O6/c20-16(3-1-2-4-17(21)22)18-11-9-15(10-12-18)25-14-7-5-13(6-8-14)19(23)24/h5-8,15H,1-4,9-12H2,(H,21,22). The van der Waals surface area contributed by atoms with E-state index >= 15 is 0 Å². The Labute approximate surface area is 145 Å². The summed E-state index contributed by atoms with van der Waals surface area (Å²) >= 11 is 0. The van der Waals surface area contributed by atoms with Crippen LogP contribution in [0.25, 0.3) is 0 Å². The van der Waals surface area contributed by atoms with Crippen molar-refractivity contribution in [1.82, 2.24) is 4.90 Å². The second-order valence-corrected chi connectivity index (χ2v) is 6.05. The summed E-state index contributed by atoms with van der Waals surface area (Å²) in [7, 11) is 0. The number of amides is 1. The highest BCUT2D eigenvalue weighted by atomic mass is 16.6. The van der Waals surface area contributed by atoms with Gasteiger partial charge >= 0.3 is 5.97 Å². The largest absolute Gasteiger partial charge is 0.490 e. The summed E-state index contributed by atoms with van der Waals surface area (Å²) in [6.45, 7) is 1.21. The lowest BCUT2D eigenvalue weighted by Gasteiger charge is -2.32. The molecule has 1 fully saturated rings. The van der Waals surface area contributed by atoms with Crippen molar-refractivity contribution in [3.8, 4) is 5.75 Å². The molecule has 0 bridgehead atoms. The van der Waals surface area contributed by atoms with Crippen LogP contribution >= 0.6 is 0 Å². The predicted molar refractivity (Wildman–Crippen MR) is 89.4 cm³/mol. The van der Waals surface area contributed by atoms with E-state index in [1.54, 1.807) is 17.0 Å². The molecule has 8 heteroatoms. The van der Waals surface area contributed by atoms with Crippen molar-refractivity contribution < 1.29 is 24.4 Å². The minimum Gasteiger partial charge on any atom is -0.490 e. The maximum atomic E-state index is 12.1. The van der Waals surface area contributed by atoms with Gasteiger partial charge in [-0.3, -0.25) is 19.7 Å². The minimum absolute atomic E-state index is 0.0162. The van der Waals surface area contributed by atoms with E-state index in [1.165, 1.54) is 12.1 Å². The molecule has 1 N–H and O–H groups in total. The van der Waals surface area contributed by atoms with Crippen molar-refractivity contribution in [2.75, 3.05) is 13.1 Å². The average Bonchev–Trinajstić information content (AvgIpc) is 2.59. The summed E-state index contributed by atoms with van der Waals surface area (Å²) in [6, 6.07) is 5.98. The number of hydrogen-bond acceptors (Lipinski definition) is 5. The smallest absolute Gasteiger partial charge is 0.303 e. The molecule has 0 radical (unpaired) electrons. The average molecular weight is 350 g/mol. The molecule has 0 atom stereocenters. The predicted octanol–water partition coefficient (Wildman–Crippen LogP) is 2.61. The quantitative estimate of drug-likeness (QED) is 0.438. The number of nitro benzene ring substituents is 1. The molecule has 1 amide bonds. The second kappa shape index (κ2) is 9.00. The lowest BCUT2D eigenvalue weighted by atomic mass is 10.1. The van der Waals surface area contributed by atoms with Gasteiger partial charge in [0.15, 0.2) is 0 Å². The third-order valence-corrected chi connectivity index (χ3v) is 4.18. The van der Waals surface area contributed by atoms with Crippen LogP contribution in [0.2, 0.25) is 0 Å². The third-order valence-electron chi connectivity index (χ3n) is 4.18. The Bertz CT molecular complexity index is 608. The van der Waals surface area contributed by atoms with E-state index in [2.05, 4.69) is 0 Å². The van der Waals surface area contributed by atoms with Gasteiger partial charge in [-0.15, -0.1) is 0 Å². The molecule has 1 aliphatic rings. The molecule has 0 unspecified atom stereocenters. The Morgan fingerprint density at radius 1 is 1.16 bits per heavy atom. The number of unbranched alkanes of at least 4 members (excludes halogenated alkanes) is 1. The number of ether oxygens (including phenoxy) is 1. The second-order valence-electron chi connectivity index (χ2n) is 6.05. The van der Waals surface area contributed by atoms with Gasteiger partial charge in [0.1, 0.15) is 11.9 Å². The number of nitro groups is 1. The highest BCUT2D eigenvalue weighted by molar-refractivity contribution is 5.76. The molecule has 0 aromatic heterocycles. The van der Waals surface area contributed by atoms with Crippen LogP contribution in [0.15, 0.2) is 24.3 Å². The van der Waals surface area contributed by atoms with Crippen molar-refractivity contribution >= 4 is 17.6 Å². The number of likely N-dealkylation sites (tertiary alicyclic amines) is 1. The number of piperidine rings is 1. The number of carboxylic acids is 1. The SMILES string of the molecule is O=C(O)CCCCC(=O)N1CCC(Oc2ccc([N+](=O)[O-])cc2)CC1. The van der Waals surface area contributed by atoms with E-state index in [1.807, 2.05) is 0 Å². The van der Waals surface area contributed by atoms with Gasteiger partial charge in [0.05, 0.1) is 4.92 Å². The molecule has 1 aliphatic heterocycles. The van der Waals surface area contributed by atoms with Crippen LogP contribution in [0.5, 0.6) is 5.75 Å². The van der Waals surface area contributed by atoms with Gasteiger partial charge in [-0.05, 0) is 25.0 Å². The topological polar surface area (TPSA) is 110 Å². The van der Waals surface area contributed by atoms with Crippen LogP contribution in [0.4, 0.5) is 5.69 Å². The number of hydrogen-bond donors (Lipinski definition) is 1. The molecule has 1 aromatic rings. The first-order chi connectivity index (χ1) is 12.0. The number of carbonyl (C=O) groups is 2. The zero-order chi connectivity index (χ0) is 18.2. The van der Waals surface area contributed by atoms with Gasteiger partial charge in [0.25, 0.3) is 5.69 Å². The van der Waals surface area contributed by atoms with Crippen LogP contribution in [0, 0.1) is 10.1 Å². The number of carbonyl (C=O) groups excluding carboxylic acids is 1. The van der Waals surface area contributed by atoms with Gasteiger partial charge in [0, 0.05) is 50.9 Å². The monoisotopic (exact) mass is 350 g/mol. The number of benzene rings is 1. The fourth-order valence-corrected chi connectivity index (χ4v) is 2.77. The van der Waals surface area contributed by atoms with E-state index in [0.717, 1.165) is 0 Å². The lowest BCUT2D eigenvalue weighted by molar-refractivity contribution is -0.384. The van der Waals surface area contributed by atoms with Gasteiger partial charge in [0.2, 0.25) is 5.91 Å². The number of aliphatic carboxylic acids is 1. The summed E-state index contributed by atoms with van der Waals surface area (Å²) < 4.78 is 5.82. The number of nitrogens with zero attached hydrogens (tertiary/aromatic N) is 2. The lowest BCUT2D eigenvalue weighted by Crippen LogP contribution is -2.41. The fourth-order valence-electron chi connectivity index (χ4n) is 2.77. The van der Waals surface area contributed by atoms with Crippen molar-refractivity contribution in [2.24, 2.45) is 0 Å². The number of rotatable bonds is 8. The number of carboxylic acid groups (broad SMARTS) is 1. The number of non-ortho nitro benzene ring substituents is 1. The Kier molecular flexibility index (Phi) is 6.73. The molecule has 0 aliphatic carbocycles. The first-order valence-corrected chi connectivity index (χ1v) is 8.36. The summed E-state index contributed by atoms with van der Waals surface area (Å²) in [5, 5.41) is 19.2. The molecule has 1 heterocycles. The molecule has 8 nitrogen and oxygen atoms in total. The summed E-state index contributed by atoms with van der Waals surface area (Å²) in [5.41, 5.74) is 0.0238. The van der Waals surface area contributed by atoms with E-state index in [0.29, 0.717) is 50.9 Å². The molecule has 25 heavy (non-hydrogen) atoms.